The van der Waals surface area contributed by atoms with Crippen molar-refractivity contribution >= 4 is 23.1 Å². The number of aryl methyl sites for hydroxylation is 2. The van der Waals surface area contributed by atoms with E-state index in [1.807, 2.05) is 6.92 Å². The van der Waals surface area contributed by atoms with Crippen LogP contribution < -0.4 is 11.1 Å². The molecule has 0 aliphatic rings. The lowest BCUT2D eigenvalue weighted by molar-refractivity contribution is 0.0953. The van der Waals surface area contributed by atoms with Gasteiger partial charge in [-0.2, -0.15) is 5.10 Å². The van der Waals surface area contributed by atoms with Crippen LogP contribution in [0.25, 0.3) is 0 Å². The highest BCUT2D eigenvalue weighted by Gasteiger charge is 2.09. The average Bonchev–Trinajstić information content (AvgIpc) is 2.43. The third-order valence-electron chi connectivity index (χ3n) is 1.77. The first-order chi connectivity index (χ1) is 6.50. The number of nitrogens with two attached hydrogens (primary N) is 1. The smallest absolute Gasteiger partial charge is 0.272 e. The molecule has 1 aromatic rings. The maximum Gasteiger partial charge on any atom is 0.272 e. The van der Waals surface area contributed by atoms with Crippen LogP contribution in [0.4, 0.5) is 0 Å². The molecular formula is C8H12N4OS. The van der Waals surface area contributed by atoms with Crippen molar-refractivity contribution in [1.29, 1.82) is 0 Å². The molecule has 0 unspecified atom stereocenters. The fourth-order valence-corrected chi connectivity index (χ4v) is 1.00. The first-order valence-corrected chi connectivity index (χ1v) is 4.48. The summed E-state index contributed by atoms with van der Waals surface area (Å²) < 4.78 is 1.63. The van der Waals surface area contributed by atoms with E-state index in [-0.39, 0.29) is 17.4 Å². The summed E-state index contributed by atoms with van der Waals surface area (Å²) in [6.45, 7) is 2.07. The van der Waals surface area contributed by atoms with E-state index in [1.54, 1.807) is 17.8 Å². The lowest BCUT2D eigenvalue weighted by atomic mass is 10.3. The van der Waals surface area contributed by atoms with Gasteiger partial charge < -0.3 is 11.1 Å². The summed E-state index contributed by atoms with van der Waals surface area (Å²) in [5.41, 5.74) is 6.54. The Bertz CT molecular complexity index is 352. The number of thiocarbonyl (C=S) groups is 1. The predicted octanol–water partition coefficient (Wildman–Crippen LogP) is -0.256. The van der Waals surface area contributed by atoms with Gasteiger partial charge in [-0.05, 0) is 13.0 Å². The Morgan fingerprint density at radius 2 is 2.43 bits per heavy atom. The van der Waals surface area contributed by atoms with Crippen LogP contribution in [0.2, 0.25) is 0 Å². The lowest BCUT2D eigenvalue weighted by Crippen LogP contribution is -2.32. The number of amides is 1. The summed E-state index contributed by atoms with van der Waals surface area (Å²) in [5, 5.41) is 6.57. The summed E-state index contributed by atoms with van der Waals surface area (Å²) >= 11 is 4.63. The zero-order chi connectivity index (χ0) is 10.7. The number of hydrogen-bond donors (Lipinski definition) is 2. The van der Waals surface area contributed by atoms with Crippen molar-refractivity contribution in [1.82, 2.24) is 15.1 Å². The third-order valence-corrected chi connectivity index (χ3v) is 1.91. The Morgan fingerprint density at radius 1 is 1.79 bits per heavy atom. The molecule has 1 amide bonds. The van der Waals surface area contributed by atoms with Crippen LogP contribution in [0.3, 0.4) is 0 Å². The van der Waals surface area contributed by atoms with Crippen LogP contribution >= 0.6 is 12.2 Å². The van der Waals surface area contributed by atoms with Crippen LogP contribution in [0.15, 0.2) is 6.07 Å². The van der Waals surface area contributed by atoms with Crippen LogP contribution in [-0.2, 0) is 7.05 Å². The molecule has 0 saturated heterocycles. The van der Waals surface area contributed by atoms with Crippen molar-refractivity contribution in [2.75, 3.05) is 6.54 Å². The maximum atomic E-state index is 11.4. The van der Waals surface area contributed by atoms with Crippen molar-refractivity contribution in [2.24, 2.45) is 12.8 Å². The molecule has 0 aliphatic carbocycles. The molecule has 1 rings (SSSR count). The zero-order valence-corrected chi connectivity index (χ0v) is 8.89. The molecule has 0 spiro atoms. The number of rotatable bonds is 3. The molecule has 0 fully saturated rings. The van der Waals surface area contributed by atoms with Gasteiger partial charge in [0.2, 0.25) is 0 Å². The van der Waals surface area contributed by atoms with Gasteiger partial charge in [0, 0.05) is 12.7 Å². The van der Waals surface area contributed by atoms with Gasteiger partial charge in [-0.3, -0.25) is 9.48 Å². The van der Waals surface area contributed by atoms with Gasteiger partial charge in [0.15, 0.2) is 0 Å². The Labute approximate surface area is 87.3 Å². The maximum absolute atomic E-state index is 11.4. The molecule has 3 N–H and O–H groups in total. The molecule has 0 aromatic carbocycles. The van der Waals surface area contributed by atoms with Gasteiger partial charge in [-0.15, -0.1) is 0 Å². The van der Waals surface area contributed by atoms with E-state index in [0.717, 1.165) is 5.69 Å². The van der Waals surface area contributed by atoms with Crippen molar-refractivity contribution in [3.05, 3.63) is 17.5 Å². The quantitative estimate of drug-likeness (QED) is 0.677. The normalized spacial score (nSPS) is 9.86. The molecule has 0 saturated carbocycles. The highest BCUT2D eigenvalue weighted by Crippen LogP contribution is 2.00. The van der Waals surface area contributed by atoms with E-state index >= 15 is 0 Å². The van der Waals surface area contributed by atoms with Crippen molar-refractivity contribution in [3.63, 3.8) is 0 Å². The van der Waals surface area contributed by atoms with Gasteiger partial charge in [0.05, 0.1) is 11.5 Å². The predicted molar refractivity (Wildman–Crippen MR) is 57.1 cm³/mol. The number of nitrogens with one attached hydrogen (secondary N) is 1. The standard InChI is InChI=1S/C8H12N4OS/c1-5-3-6(11-12(5)2)8(13)10-4-7(9)14/h3H,4H2,1-2H3,(H2,9,14)(H,10,13). The van der Waals surface area contributed by atoms with Crippen molar-refractivity contribution < 1.29 is 4.79 Å². The topological polar surface area (TPSA) is 72.9 Å². The van der Waals surface area contributed by atoms with Gasteiger partial charge in [0.1, 0.15) is 5.69 Å². The van der Waals surface area contributed by atoms with E-state index in [2.05, 4.69) is 22.6 Å². The van der Waals surface area contributed by atoms with E-state index < -0.39 is 0 Å². The number of carbonyl (C=O) groups excluding carboxylic acids is 1. The third kappa shape index (κ3) is 2.53. The second kappa shape index (κ2) is 4.19. The van der Waals surface area contributed by atoms with Crippen LogP contribution in [0.5, 0.6) is 0 Å². The van der Waals surface area contributed by atoms with Crippen LogP contribution in [0, 0.1) is 6.92 Å². The summed E-state index contributed by atoms with van der Waals surface area (Å²) in [6.07, 6.45) is 0. The van der Waals surface area contributed by atoms with Gasteiger partial charge in [0.25, 0.3) is 5.91 Å². The zero-order valence-electron chi connectivity index (χ0n) is 8.07. The molecule has 76 valence electrons. The number of hydrogen-bond acceptors (Lipinski definition) is 3. The molecule has 14 heavy (non-hydrogen) atoms. The SMILES string of the molecule is Cc1cc(C(=O)NCC(N)=S)nn1C. The molecule has 0 bridgehead atoms. The van der Waals surface area contributed by atoms with E-state index in [9.17, 15) is 4.79 Å². The second-order valence-electron chi connectivity index (χ2n) is 2.94. The van der Waals surface area contributed by atoms with Gasteiger partial charge in [-0.1, -0.05) is 12.2 Å². The fourth-order valence-electron chi connectivity index (χ4n) is 0.930. The summed E-state index contributed by atoms with van der Waals surface area (Å²) in [6, 6.07) is 1.70. The first kappa shape index (κ1) is 10.6. The van der Waals surface area contributed by atoms with E-state index in [4.69, 9.17) is 5.73 Å². The molecule has 1 aromatic heterocycles. The molecule has 0 radical (unpaired) electrons. The minimum atomic E-state index is -0.262. The summed E-state index contributed by atoms with van der Waals surface area (Å²) in [7, 11) is 1.78. The minimum absolute atomic E-state index is 0.198. The number of carbonyl (C=O) groups is 1. The minimum Gasteiger partial charge on any atom is -0.392 e. The van der Waals surface area contributed by atoms with Gasteiger partial charge in [-0.25, -0.2) is 0 Å². The molecule has 0 atom stereocenters. The highest BCUT2D eigenvalue weighted by atomic mass is 32.1. The number of nitrogens with zero attached hydrogens (tertiary/aromatic N) is 2. The first-order valence-electron chi connectivity index (χ1n) is 4.08. The molecule has 5 nitrogen and oxygen atoms in total. The number of aromatic nitrogens is 2. The van der Waals surface area contributed by atoms with Crippen LogP contribution in [0.1, 0.15) is 16.2 Å². The Kier molecular flexibility index (Phi) is 3.19. The summed E-state index contributed by atoms with van der Waals surface area (Å²) in [5.74, 6) is -0.262. The molecule has 1 heterocycles. The Hall–Kier alpha value is -1.43. The fraction of sp³-hybridized carbons (Fsp3) is 0.375. The highest BCUT2D eigenvalue weighted by molar-refractivity contribution is 7.80. The summed E-state index contributed by atoms with van der Waals surface area (Å²) in [4.78, 5) is 11.7. The Morgan fingerprint density at radius 3 is 2.86 bits per heavy atom. The van der Waals surface area contributed by atoms with E-state index in [0.29, 0.717) is 5.69 Å². The second-order valence-corrected chi connectivity index (χ2v) is 3.47. The van der Waals surface area contributed by atoms with Crippen LogP contribution in [-0.4, -0.2) is 27.2 Å². The lowest BCUT2D eigenvalue weighted by Gasteiger charge is -1.99. The molecular weight excluding hydrogens is 200 g/mol. The van der Waals surface area contributed by atoms with Crippen molar-refractivity contribution in [3.8, 4) is 0 Å². The Balaban J connectivity index is 2.65. The molecule has 6 heteroatoms. The monoisotopic (exact) mass is 212 g/mol. The molecule has 0 aliphatic heterocycles. The van der Waals surface area contributed by atoms with E-state index in [1.165, 1.54) is 0 Å². The van der Waals surface area contributed by atoms with Crippen molar-refractivity contribution in [2.45, 2.75) is 6.92 Å². The average molecular weight is 212 g/mol. The van der Waals surface area contributed by atoms with Gasteiger partial charge >= 0.3 is 0 Å². The largest absolute Gasteiger partial charge is 0.392 e.